The average Bonchev–Trinajstić information content (AvgIpc) is 2.57. The van der Waals surface area contributed by atoms with Gasteiger partial charge in [-0.25, -0.2) is 0 Å². The Hall–Kier alpha value is -0.0300. The van der Waals surface area contributed by atoms with E-state index >= 15 is 0 Å². The summed E-state index contributed by atoms with van der Waals surface area (Å²) in [6, 6.07) is 0. The van der Waals surface area contributed by atoms with Crippen LogP contribution in [0.25, 0.3) is 0 Å². The van der Waals surface area contributed by atoms with Crippen LogP contribution in [0, 0.1) is 5.63 Å². The van der Waals surface area contributed by atoms with E-state index in [4.69, 9.17) is 4.74 Å². The minimum atomic E-state index is 0.0694. The van der Waals surface area contributed by atoms with E-state index in [0.29, 0.717) is 0 Å². The molecule has 0 N–H and O–H groups in total. The SMILES string of the molecule is CCCCCCCCOCCCCCCCCCCCC#P=O. The molecule has 0 aromatic carbocycles. The first-order chi connectivity index (χ1) is 11.4. The molecule has 0 bridgehead atoms. The Labute approximate surface area is 146 Å². The molecule has 0 aliphatic heterocycles. The molecule has 2 nitrogen and oxygen atoms in total. The Morgan fingerprint density at radius 2 is 1.09 bits per heavy atom. The van der Waals surface area contributed by atoms with Crippen LogP contribution in [0.5, 0.6) is 0 Å². The van der Waals surface area contributed by atoms with Gasteiger partial charge in [0.1, 0.15) is 0 Å². The van der Waals surface area contributed by atoms with E-state index < -0.39 is 0 Å². The van der Waals surface area contributed by atoms with Crippen LogP contribution < -0.4 is 0 Å². The van der Waals surface area contributed by atoms with E-state index in [1.54, 1.807) is 0 Å². The summed E-state index contributed by atoms with van der Waals surface area (Å²) in [7, 11) is 0.0694. The van der Waals surface area contributed by atoms with Gasteiger partial charge in [0.2, 0.25) is 0 Å². The summed E-state index contributed by atoms with van der Waals surface area (Å²) in [6.07, 6.45) is 20.7. The first kappa shape index (κ1) is 23.0. The standard InChI is InChI=1S/C20H39O2P/c1-2-3-4-5-12-15-18-22-19-16-13-10-8-6-7-9-11-14-17-20-23-21/h2-19H2,1H3. The topological polar surface area (TPSA) is 26.3 Å². The third kappa shape index (κ3) is 22.0. The van der Waals surface area contributed by atoms with E-state index in [1.807, 2.05) is 0 Å². The van der Waals surface area contributed by atoms with E-state index in [0.717, 1.165) is 26.1 Å². The van der Waals surface area contributed by atoms with Crippen molar-refractivity contribution < 1.29 is 9.30 Å². The summed E-state index contributed by atoms with van der Waals surface area (Å²) in [5.41, 5.74) is 2.81. The summed E-state index contributed by atoms with van der Waals surface area (Å²) in [6.45, 7) is 4.19. The molecule has 0 saturated heterocycles. The van der Waals surface area contributed by atoms with Crippen LogP contribution in [-0.2, 0) is 9.30 Å². The van der Waals surface area contributed by atoms with Crippen molar-refractivity contribution >= 4 is 7.92 Å². The van der Waals surface area contributed by atoms with Crippen LogP contribution in [0.2, 0.25) is 0 Å². The summed E-state index contributed by atoms with van der Waals surface area (Å²) in [5.74, 6) is 0. The molecule has 0 spiro atoms. The molecular formula is C20H39O2P. The second kappa shape index (κ2) is 22.0. The van der Waals surface area contributed by atoms with Crippen LogP contribution in [0.3, 0.4) is 0 Å². The number of hydrogen-bond donors (Lipinski definition) is 0. The summed E-state index contributed by atoms with van der Waals surface area (Å²) in [4.78, 5) is 0. The van der Waals surface area contributed by atoms with E-state index in [9.17, 15) is 4.57 Å². The maximum atomic E-state index is 10.2. The van der Waals surface area contributed by atoms with Gasteiger partial charge < -0.3 is 4.74 Å². The van der Waals surface area contributed by atoms with Crippen molar-refractivity contribution in [3.8, 4) is 5.63 Å². The monoisotopic (exact) mass is 342 g/mol. The van der Waals surface area contributed by atoms with Gasteiger partial charge in [-0.05, 0) is 6.42 Å². The summed E-state index contributed by atoms with van der Waals surface area (Å²) < 4.78 is 15.9. The van der Waals surface area contributed by atoms with Crippen LogP contribution in [0.15, 0.2) is 0 Å². The second-order valence-electron chi connectivity index (χ2n) is 6.56. The van der Waals surface area contributed by atoms with Gasteiger partial charge in [0, 0.05) is 6.61 Å². The fourth-order valence-electron chi connectivity index (χ4n) is 2.78. The average molecular weight is 343 g/mol. The summed E-state index contributed by atoms with van der Waals surface area (Å²) in [5, 5.41) is 0. The van der Waals surface area contributed by atoms with Crippen LogP contribution >= 0.6 is 7.92 Å². The first-order valence-corrected chi connectivity index (χ1v) is 10.9. The molecule has 0 amide bonds. The van der Waals surface area contributed by atoms with Crippen LogP contribution in [0.1, 0.15) is 110 Å². The fourth-order valence-corrected chi connectivity index (χ4v) is 3.03. The van der Waals surface area contributed by atoms with Crippen molar-refractivity contribution in [2.75, 3.05) is 13.2 Å². The molecule has 0 heterocycles. The minimum absolute atomic E-state index is 0.0694. The van der Waals surface area contributed by atoms with Gasteiger partial charge in [-0.1, -0.05) is 39.0 Å². The quantitative estimate of drug-likeness (QED) is 0.190. The second-order valence-corrected chi connectivity index (χ2v) is 7.06. The normalized spacial score (nSPS) is 10.7. The number of hydrogen-bond acceptors (Lipinski definition) is 2. The van der Waals surface area contributed by atoms with Crippen molar-refractivity contribution in [2.24, 2.45) is 0 Å². The van der Waals surface area contributed by atoms with Crippen molar-refractivity contribution in [1.29, 1.82) is 0 Å². The zero-order valence-electron chi connectivity index (χ0n) is 15.5. The molecule has 0 aromatic rings. The molecule has 0 unspecified atom stereocenters. The number of rotatable bonds is 18. The zero-order valence-corrected chi connectivity index (χ0v) is 16.4. The third-order valence-electron chi connectivity index (χ3n) is 4.28. The Morgan fingerprint density at radius 3 is 1.57 bits per heavy atom. The Kier molecular flexibility index (Phi) is 21.9. The predicted molar refractivity (Wildman–Crippen MR) is 102 cm³/mol. The van der Waals surface area contributed by atoms with Gasteiger partial charge in [0.05, 0.1) is 0 Å². The molecular weight excluding hydrogens is 303 g/mol. The summed E-state index contributed by atoms with van der Waals surface area (Å²) >= 11 is 0. The van der Waals surface area contributed by atoms with Crippen LogP contribution in [-0.4, -0.2) is 13.2 Å². The number of unbranched alkanes of at least 4 members (excludes halogenated alkanes) is 14. The van der Waals surface area contributed by atoms with Gasteiger partial charge in [0.15, 0.2) is 0 Å². The van der Waals surface area contributed by atoms with Crippen molar-refractivity contribution in [3.63, 3.8) is 0 Å². The Balaban J connectivity index is 2.97. The molecule has 0 aliphatic rings. The molecule has 0 rings (SSSR count). The van der Waals surface area contributed by atoms with Gasteiger partial charge in [-0.2, -0.15) is 0 Å². The molecule has 0 saturated carbocycles. The molecule has 0 aromatic heterocycles. The van der Waals surface area contributed by atoms with Crippen molar-refractivity contribution in [1.82, 2.24) is 0 Å². The zero-order chi connectivity index (χ0) is 16.8. The molecule has 23 heavy (non-hydrogen) atoms. The molecule has 0 radical (unpaired) electrons. The van der Waals surface area contributed by atoms with E-state index in [1.165, 1.54) is 89.9 Å². The maximum absolute atomic E-state index is 10.2. The predicted octanol–water partition coefficient (Wildman–Crippen LogP) is 7.52. The van der Waals surface area contributed by atoms with E-state index in [-0.39, 0.29) is 7.92 Å². The van der Waals surface area contributed by atoms with Gasteiger partial charge in [-0.3, -0.25) is 0 Å². The van der Waals surface area contributed by atoms with Crippen LogP contribution in [0.4, 0.5) is 0 Å². The molecule has 0 aliphatic carbocycles. The molecule has 0 atom stereocenters. The Bertz CT molecular complexity index is 311. The fraction of sp³-hybridized carbons (Fsp3) is 0.950. The molecule has 3 heteroatoms. The first-order valence-electron chi connectivity index (χ1n) is 10.0. The van der Waals surface area contributed by atoms with Gasteiger partial charge in [0.25, 0.3) is 0 Å². The van der Waals surface area contributed by atoms with Gasteiger partial charge in [-0.15, -0.1) is 0 Å². The van der Waals surface area contributed by atoms with E-state index in [2.05, 4.69) is 12.6 Å². The number of ether oxygens (including phenoxy) is 1. The Morgan fingerprint density at radius 1 is 0.652 bits per heavy atom. The van der Waals surface area contributed by atoms with Gasteiger partial charge >= 0.3 is 88.9 Å². The molecule has 136 valence electrons. The van der Waals surface area contributed by atoms with Crippen molar-refractivity contribution in [3.05, 3.63) is 0 Å². The van der Waals surface area contributed by atoms with Crippen molar-refractivity contribution in [2.45, 2.75) is 110 Å². The molecule has 0 fully saturated rings. The third-order valence-corrected chi connectivity index (χ3v) is 4.64.